The summed E-state index contributed by atoms with van der Waals surface area (Å²) in [7, 11) is -3.98. The zero-order chi connectivity index (χ0) is 12.7. The van der Waals surface area contributed by atoms with Crippen LogP contribution in [0.5, 0.6) is 0 Å². The third-order valence-corrected chi connectivity index (χ3v) is 2.63. The fraction of sp³-hybridized carbons (Fsp3) is 0.0833. The molecule has 0 fully saturated rings. The predicted octanol–water partition coefficient (Wildman–Crippen LogP) is 1.46. The summed E-state index contributed by atoms with van der Waals surface area (Å²) in [6, 6.07) is 8.83. The van der Waals surface area contributed by atoms with Gasteiger partial charge in [0, 0.05) is 0 Å². The number of hydrogen-bond acceptors (Lipinski definition) is 4. The molecule has 0 N–H and O–H groups in total. The molecule has 0 aromatic heterocycles. The van der Waals surface area contributed by atoms with Crippen molar-refractivity contribution in [2.75, 3.05) is 0 Å². The second-order valence-corrected chi connectivity index (χ2v) is 4.58. The van der Waals surface area contributed by atoms with Crippen LogP contribution in [0.1, 0.15) is 12.0 Å². The molecule has 0 heterocycles. The van der Waals surface area contributed by atoms with Gasteiger partial charge in [0.1, 0.15) is 0 Å². The molecule has 0 aliphatic heterocycles. The first kappa shape index (κ1) is 17.1. The van der Waals surface area contributed by atoms with Crippen LogP contribution in [0.3, 0.4) is 0 Å². The third-order valence-electron chi connectivity index (χ3n) is 1.75. The Morgan fingerprint density at radius 3 is 2.44 bits per heavy atom. The minimum atomic E-state index is -3.98. The number of carbonyl (C=O) groups is 1. The molecular weight excluding hydrogens is 263 g/mol. The molecule has 0 spiro atoms. The molecule has 0 aliphatic carbocycles. The Balaban J connectivity index is 0.00000289. The quantitative estimate of drug-likeness (QED) is 0.464. The van der Waals surface area contributed by atoms with Gasteiger partial charge in [-0.25, -0.2) is 0 Å². The summed E-state index contributed by atoms with van der Waals surface area (Å²) in [6.45, 7) is 3.31. The molecular formula is C12H13NaO4S. The summed E-state index contributed by atoms with van der Waals surface area (Å²) in [4.78, 5) is 11.0. The van der Waals surface area contributed by atoms with E-state index in [0.29, 0.717) is 5.56 Å². The van der Waals surface area contributed by atoms with E-state index in [1.54, 1.807) is 24.3 Å². The summed E-state index contributed by atoms with van der Waals surface area (Å²) in [5.74, 6) is -0.849. The van der Waals surface area contributed by atoms with Crippen molar-refractivity contribution in [2.45, 2.75) is 6.42 Å². The van der Waals surface area contributed by atoms with Gasteiger partial charge in [-0.2, -0.15) is 8.42 Å². The Hall–Kier alpha value is -0.880. The monoisotopic (exact) mass is 276 g/mol. The van der Waals surface area contributed by atoms with E-state index in [0.717, 1.165) is 5.41 Å². The Labute approximate surface area is 129 Å². The normalized spacial score (nSPS) is 10.7. The first-order valence-electron chi connectivity index (χ1n) is 4.85. The summed E-state index contributed by atoms with van der Waals surface area (Å²) >= 11 is 0. The van der Waals surface area contributed by atoms with E-state index in [4.69, 9.17) is 0 Å². The van der Waals surface area contributed by atoms with Gasteiger partial charge in [0.25, 0.3) is 0 Å². The Morgan fingerprint density at radius 1 is 1.28 bits per heavy atom. The van der Waals surface area contributed by atoms with Crippen LogP contribution in [0.15, 0.2) is 48.4 Å². The van der Waals surface area contributed by atoms with E-state index in [1.165, 1.54) is 12.2 Å². The van der Waals surface area contributed by atoms with Crippen LogP contribution in [-0.2, 0) is 19.1 Å². The predicted molar refractivity (Wildman–Crippen MR) is 72.5 cm³/mol. The Bertz CT molecular complexity index is 520. The standard InChI is InChI=1S/C12H12O4S.Na.H/c1-2-6-12(13)16-17(14,15)10-9-11-7-4-3-5-8-11;;/h2-5,7-10H,1,6H2;;. The van der Waals surface area contributed by atoms with Gasteiger partial charge in [-0.05, 0) is 11.6 Å². The van der Waals surface area contributed by atoms with Gasteiger partial charge in [0.05, 0.1) is 11.8 Å². The molecule has 92 valence electrons. The Kier molecular flexibility index (Phi) is 7.86. The topological polar surface area (TPSA) is 60.4 Å². The summed E-state index contributed by atoms with van der Waals surface area (Å²) in [5.41, 5.74) is 0.704. The molecule has 0 radical (unpaired) electrons. The van der Waals surface area contributed by atoms with Crippen molar-refractivity contribution in [2.24, 2.45) is 0 Å². The molecule has 1 aromatic carbocycles. The molecule has 4 nitrogen and oxygen atoms in total. The van der Waals surface area contributed by atoms with Gasteiger partial charge in [-0.15, -0.1) is 6.58 Å². The maximum atomic E-state index is 11.3. The van der Waals surface area contributed by atoms with Crippen LogP contribution >= 0.6 is 0 Å². The molecule has 6 heteroatoms. The molecule has 0 unspecified atom stereocenters. The molecule has 0 saturated carbocycles. The van der Waals surface area contributed by atoms with Crippen molar-refractivity contribution in [3.8, 4) is 0 Å². The number of hydrogen-bond donors (Lipinski definition) is 0. The molecule has 0 saturated heterocycles. The number of carbonyl (C=O) groups excluding carboxylic acids is 1. The molecule has 1 aromatic rings. The van der Waals surface area contributed by atoms with E-state index in [2.05, 4.69) is 10.8 Å². The van der Waals surface area contributed by atoms with Crippen LogP contribution in [0.2, 0.25) is 0 Å². The Morgan fingerprint density at radius 2 is 1.89 bits per heavy atom. The van der Waals surface area contributed by atoms with Gasteiger partial charge in [-0.1, -0.05) is 36.4 Å². The molecule has 0 amide bonds. The van der Waals surface area contributed by atoms with Crippen LogP contribution in [0, 0.1) is 0 Å². The fourth-order valence-corrected chi connectivity index (χ4v) is 1.74. The van der Waals surface area contributed by atoms with Crippen LogP contribution in [-0.4, -0.2) is 43.9 Å². The van der Waals surface area contributed by atoms with Crippen molar-refractivity contribution < 1.29 is 17.4 Å². The van der Waals surface area contributed by atoms with Gasteiger partial charge in [0.15, 0.2) is 0 Å². The van der Waals surface area contributed by atoms with Gasteiger partial charge >= 0.3 is 45.6 Å². The first-order chi connectivity index (χ1) is 8.03. The van der Waals surface area contributed by atoms with Crippen molar-refractivity contribution in [3.05, 3.63) is 54.0 Å². The van der Waals surface area contributed by atoms with Gasteiger partial charge in [0.2, 0.25) is 0 Å². The van der Waals surface area contributed by atoms with Crippen LogP contribution < -0.4 is 0 Å². The summed E-state index contributed by atoms with van der Waals surface area (Å²) in [5, 5.41) is 0.851. The molecule has 0 atom stereocenters. The second kappa shape index (κ2) is 8.26. The number of rotatable bonds is 5. The molecule has 18 heavy (non-hydrogen) atoms. The van der Waals surface area contributed by atoms with Crippen molar-refractivity contribution in [1.82, 2.24) is 0 Å². The van der Waals surface area contributed by atoms with E-state index < -0.39 is 16.1 Å². The van der Waals surface area contributed by atoms with Crippen LogP contribution in [0.25, 0.3) is 6.08 Å². The number of benzene rings is 1. The zero-order valence-electron chi connectivity index (χ0n) is 9.07. The van der Waals surface area contributed by atoms with Crippen molar-refractivity contribution in [1.29, 1.82) is 0 Å². The van der Waals surface area contributed by atoms with Crippen LogP contribution in [0.4, 0.5) is 0 Å². The van der Waals surface area contributed by atoms with E-state index >= 15 is 0 Å². The average molecular weight is 276 g/mol. The van der Waals surface area contributed by atoms with Crippen molar-refractivity contribution >= 4 is 51.7 Å². The average Bonchev–Trinajstić information content (AvgIpc) is 2.27. The third kappa shape index (κ3) is 6.76. The van der Waals surface area contributed by atoms with Crippen molar-refractivity contribution in [3.63, 3.8) is 0 Å². The van der Waals surface area contributed by atoms with E-state index in [9.17, 15) is 13.2 Å². The molecule has 0 aliphatic rings. The fourth-order valence-electron chi connectivity index (χ4n) is 1.04. The molecule has 1 rings (SSSR count). The van der Waals surface area contributed by atoms with Gasteiger partial charge < -0.3 is 4.18 Å². The minimum absolute atomic E-state index is 0. The summed E-state index contributed by atoms with van der Waals surface area (Å²) in [6.07, 6.45) is 2.49. The van der Waals surface area contributed by atoms with E-state index in [1.807, 2.05) is 6.07 Å². The summed E-state index contributed by atoms with van der Waals surface area (Å²) < 4.78 is 26.9. The SMILES string of the molecule is C=CCC(=O)OS(=O)(=O)C=Cc1ccccc1.[NaH]. The van der Waals surface area contributed by atoms with Gasteiger partial charge in [-0.3, -0.25) is 4.79 Å². The second-order valence-electron chi connectivity index (χ2n) is 3.15. The van der Waals surface area contributed by atoms with E-state index in [-0.39, 0.29) is 36.0 Å². The maximum absolute atomic E-state index is 11.3. The molecule has 0 bridgehead atoms. The zero-order valence-corrected chi connectivity index (χ0v) is 9.89. The first-order valence-corrected chi connectivity index (χ1v) is 6.32.